The van der Waals surface area contributed by atoms with Crippen molar-refractivity contribution >= 4 is 12.1 Å². The molecule has 6 nitrogen and oxygen atoms in total. The van der Waals surface area contributed by atoms with Gasteiger partial charge in [0.25, 0.3) is 0 Å². The van der Waals surface area contributed by atoms with Crippen LogP contribution >= 0.6 is 0 Å². The van der Waals surface area contributed by atoms with Crippen LogP contribution in [-0.2, 0) is 9.47 Å². The number of ether oxygens (including phenoxy) is 3. The minimum Gasteiger partial charge on any atom is -0.489 e. The molecule has 0 aromatic heterocycles. The average Bonchev–Trinajstić information content (AvgIpc) is 2.53. The first-order valence-corrected chi connectivity index (χ1v) is 7.31. The van der Waals surface area contributed by atoms with Crippen LogP contribution in [-0.4, -0.2) is 37.9 Å². The van der Waals surface area contributed by atoms with Gasteiger partial charge in [-0.1, -0.05) is 0 Å². The normalized spacial score (nSPS) is 11.6. The van der Waals surface area contributed by atoms with Gasteiger partial charge < -0.3 is 19.5 Å². The summed E-state index contributed by atoms with van der Waals surface area (Å²) in [5, 5.41) is 2.45. The highest BCUT2D eigenvalue weighted by atomic mass is 19.1. The van der Waals surface area contributed by atoms with Crippen LogP contribution in [0.1, 0.15) is 31.1 Å². The van der Waals surface area contributed by atoms with E-state index in [0.717, 1.165) is 0 Å². The lowest BCUT2D eigenvalue weighted by Crippen LogP contribution is -2.34. The number of hydrogen-bond donors (Lipinski definition) is 1. The topological polar surface area (TPSA) is 73.9 Å². The molecular weight excluding hydrogens is 317 g/mol. The molecule has 0 unspecified atom stereocenters. The number of benzene rings is 1. The average molecular weight is 339 g/mol. The summed E-state index contributed by atoms with van der Waals surface area (Å²) in [4.78, 5) is 22.8. The van der Waals surface area contributed by atoms with Gasteiger partial charge in [-0.2, -0.15) is 0 Å². The Hall–Kier alpha value is -2.57. The third-order valence-corrected chi connectivity index (χ3v) is 2.71. The van der Waals surface area contributed by atoms with Gasteiger partial charge in [-0.3, -0.25) is 0 Å². The van der Waals surface area contributed by atoms with Crippen LogP contribution in [0.3, 0.4) is 0 Å². The van der Waals surface area contributed by atoms with Crippen molar-refractivity contribution in [1.82, 2.24) is 5.32 Å². The molecule has 0 aliphatic carbocycles. The summed E-state index contributed by atoms with van der Waals surface area (Å²) < 4.78 is 27.9. The predicted octanol–water partition coefficient (Wildman–Crippen LogP) is 3.23. The number of alkyl carbamates (subject to hydrolysis) is 1. The fraction of sp³-hybridized carbons (Fsp3) is 0.412. The lowest BCUT2D eigenvalue weighted by atomic mass is 10.2. The third kappa shape index (κ3) is 7.13. The Balaban J connectivity index is 2.47. The van der Waals surface area contributed by atoms with Gasteiger partial charge in [0.2, 0.25) is 0 Å². The minimum absolute atomic E-state index is 0.0361. The van der Waals surface area contributed by atoms with Gasteiger partial charge in [0.15, 0.2) is 0 Å². The number of carbonyl (C=O) groups excluding carboxylic acids is 2. The monoisotopic (exact) mass is 339 g/mol. The zero-order valence-corrected chi connectivity index (χ0v) is 14.2. The van der Waals surface area contributed by atoms with E-state index in [1.54, 1.807) is 45.0 Å². The van der Waals surface area contributed by atoms with E-state index in [4.69, 9.17) is 9.47 Å². The SMILES string of the molecule is COC(=O)c1ccc(OC/C(=C/F)CNC(=O)OC(C)(C)C)cc1. The summed E-state index contributed by atoms with van der Waals surface area (Å²) in [7, 11) is 1.29. The summed E-state index contributed by atoms with van der Waals surface area (Å²) in [6, 6.07) is 6.23. The molecule has 132 valence electrons. The van der Waals surface area contributed by atoms with Crippen molar-refractivity contribution in [3.8, 4) is 5.75 Å². The third-order valence-electron chi connectivity index (χ3n) is 2.71. The number of nitrogens with one attached hydrogen (secondary N) is 1. The Bertz CT molecular complexity index is 590. The van der Waals surface area contributed by atoms with Crippen LogP contribution in [0.15, 0.2) is 36.2 Å². The molecule has 1 rings (SSSR count). The van der Waals surface area contributed by atoms with Gasteiger partial charge >= 0.3 is 12.1 Å². The lowest BCUT2D eigenvalue weighted by molar-refractivity contribution is 0.0530. The second-order valence-electron chi connectivity index (χ2n) is 5.93. The van der Waals surface area contributed by atoms with Crippen LogP contribution < -0.4 is 10.1 Å². The molecule has 7 heteroatoms. The smallest absolute Gasteiger partial charge is 0.407 e. The summed E-state index contributed by atoms with van der Waals surface area (Å²) >= 11 is 0. The van der Waals surface area contributed by atoms with E-state index < -0.39 is 17.7 Å². The molecule has 0 aliphatic rings. The number of hydrogen-bond acceptors (Lipinski definition) is 5. The lowest BCUT2D eigenvalue weighted by Gasteiger charge is -2.20. The molecule has 1 aromatic carbocycles. The summed E-state index contributed by atoms with van der Waals surface area (Å²) in [6.07, 6.45) is -0.260. The molecule has 0 saturated heterocycles. The van der Waals surface area contributed by atoms with Crippen molar-refractivity contribution in [2.45, 2.75) is 26.4 Å². The van der Waals surface area contributed by atoms with E-state index in [-0.39, 0.29) is 18.7 Å². The zero-order chi connectivity index (χ0) is 18.2. The predicted molar refractivity (Wildman–Crippen MR) is 86.7 cm³/mol. The van der Waals surface area contributed by atoms with Crippen LogP contribution in [0.25, 0.3) is 0 Å². The van der Waals surface area contributed by atoms with Crippen LogP contribution in [0.4, 0.5) is 9.18 Å². The number of halogens is 1. The van der Waals surface area contributed by atoms with Gasteiger partial charge in [-0.05, 0) is 45.0 Å². The van der Waals surface area contributed by atoms with Crippen LogP contribution in [0, 0.1) is 0 Å². The fourth-order valence-corrected chi connectivity index (χ4v) is 1.60. The number of carbonyl (C=O) groups is 2. The van der Waals surface area contributed by atoms with E-state index in [9.17, 15) is 14.0 Å². The Morgan fingerprint density at radius 2 is 1.83 bits per heavy atom. The van der Waals surface area contributed by atoms with Gasteiger partial charge in [0.1, 0.15) is 18.0 Å². The number of rotatable bonds is 6. The van der Waals surface area contributed by atoms with Crippen LogP contribution in [0.5, 0.6) is 5.75 Å². The molecule has 0 heterocycles. The molecule has 0 spiro atoms. The molecule has 0 bridgehead atoms. The molecule has 0 fully saturated rings. The Kier molecular flexibility index (Phi) is 7.23. The van der Waals surface area contributed by atoms with Crippen molar-refractivity contribution in [3.05, 3.63) is 41.7 Å². The van der Waals surface area contributed by atoms with Crippen LogP contribution in [0.2, 0.25) is 0 Å². The Labute approximate surface area is 140 Å². The first kappa shape index (κ1) is 19.5. The van der Waals surface area contributed by atoms with E-state index in [2.05, 4.69) is 10.1 Å². The van der Waals surface area contributed by atoms with Crippen molar-refractivity contribution in [2.75, 3.05) is 20.3 Å². The van der Waals surface area contributed by atoms with Crippen molar-refractivity contribution in [3.63, 3.8) is 0 Å². The quantitative estimate of drug-likeness (QED) is 0.806. The molecule has 1 aromatic rings. The van der Waals surface area contributed by atoms with Gasteiger partial charge in [-0.25, -0.2) is 14.0 Å². The van der Waals surface area contributed by atoms with Crippen molar-refractivity contribution in [2.24, 2.45) is 0 Å². The van der Waals surface area contributed by atoms with E-state index in [1.165, 1.54) is 7.11 Å². The molecule has 0 atom stereocenters. The maximum absolute atomic E-state index is 12.9. The van der Waals surface area contributed by atoms with Crippen molar-refractivity contribution < 1.29 is 28.2 Å². The highest BCUT2D eigenvalue weighted by molar-refractivity contribution is 5.89. The largest absolute Gasteiger partial charge is 0.489 e. The number of methoxy groups -OCH3 is 1. The molecule has 0 saturated carbocycles. The van der Waals surface area contributed by atoms with Crippen molar-refractivity contribution in [1.29, 1.82) is 0 Å². The van der Waals surface area contributed by atoms with Gasteiger partial charge in [-0.15, -0.1) is 0 Å². The fourth-order valence-electron chi connectivity index (χ4n) is 1.60. The molecule has 1 N–H and O–H groups in total. The maximum atomic E-state index is 12.9. The van der Waals surface area contributed by atoms with E-state index >= 15 is 0 Å². The summed E-state index contributed by atoms with van der Waals surface area (Å²) in [5.41, 5.74) is -0.00252. The van der Waals surface area contributed by atoms with E-state index in [0.29, 0.717) is 17.6 Å². The maximum Gasteiger partial charge on any atom is 0.407 e. The van der Waals surface area contributed by atoms with E-state index in [1.807, 2.05) is 0 Å². The zero-order valence-electron chi connectivity index (χ0n) is 14.2. The molecule has 24 heavy (non-hydrogen) atoms. The van der Waals surface area contributed by atoms with Gasteiger partial charge in [0.05, 0.1) is 19.0 Å². The molecule has 1 amide bonds. The number of amides is 1. The number of esters is 1. The Morgan fingerprint density at radius 1 is 1.21 bits per heavy atom. The first-order chi connectivity index (χ1) is 11.2. The Morgan fingerprint density at radius 3 is 2.33 bits per heavy atom. The highest BCUT2D eigenvalue weighted by Crippen LogP contribution is 2.14. The standard InChI is InChI=1S/C17H22FNO5/c1-17(2,3)24-16(21)19-10-12(9-18)11-23-14-7-5-13(6-8-14)15(20)22-4/h5-9H,10-11H2,1-4H3,(H,19,21)/b12-9+. The first-order valence-electron chi connectivity index (χ1n) is 7.31. The molecular formula is C17H22FNO5. The molecule has 0 aliphatic heterocycles. The minimum atomic E-state index is -0.635. The van der Waals surface area contributed by atoms with Gasteiger partial charge in [0, 0.05) is 12.1 Å². The molecule has 0 radical (unpaired) electrons. The highest BCUT2D eigenvalue weighted by Gasteiger charge is 2.16. The summed E-state index contributed by atoms with van der Waals surface area (Å²) in [5.74, 6) is 0.00623. The second-order valence-corrected chi connectivity index (χ2v) is 5.93. The summed E-state index contributed by atoms with van der Waals surface area (Å²) in [6.45, 7) is 5.12. The second kappa shape index (κ2) is 8.90.